The molecule has 0 radical (unpaired) electrons. The zero-order valence-electron chi connectivity index (χ0n) is 13.4. The Morgan fingerprint density at radius 3 is 2.56 bits per heavy atom. The Balaban J connectivity index is 2.14. The first-order valence-electron chi connectivity index (χ1n) is 7.25. The van der Waals surface area contributed by atoms with Crippen LogP contribution in [-0.4, -0.2) is 34.1 Å². The number of nitrogen functional groups attached to an aromatic ring is 1. The molecule has 0 aliphatic carbocycles. The van der Waals surface area contributed by atoms with Crippen LogP contribution in [0.3, 0.4) is 0 Å². The molecule has 0 spiro atoms. The molecular weight excluding hydrogens is 346 g/mol. The van der Waals surface area contributed by atoms with Crippen molar-refractivity contribution in [2.24, 2.45) is 5.73 Å². The maximum Gasteiger partial charge on any atom is 0.277 e. The highest BCUT2D eigenvalue weighted by atomic mass is 32.2. The zero-order valence-corrected chi connectivity index (χ0v) is 14.2. The van der Waals surface area contributed by atoms with E-state index in [0.29, 0.717) is 17.9 Å². The molecule has 6 N–H and O–H groups in total. The van der Waals surface area contributed by atoms with Gasteiger partial charge in [0.05, 0.1) is 12.4 Å². The van der Waals surface area contributed by atoms with Crippen molar-refractivity contribution in [3.8, 4) is 5.75 Å². The molecule has 0 saturated carbocycles. The molecule has 0 bridgehead atoms. The molecule has 1 aromatic carbocycles. The van der Waals surface area contributed by atoms with Gasteiger partial charge in [-0.3, -0.25) is 19.4 Å². The van der Waals surface area contributed by atoms with Gasteiger partial charge in [0.2, 0.25) is 5.91 Å². The van der Waals surface area contributed by atoms with E-state index in [0.717, 1.165) is 11.8 Å². The van der Waals surface area contributed by atoms with E-state index >= 15 is 0 Å². The number of nitrogens with two attached hydrogens (primary N) is 2. The van der Waals surface area contributed by atoms with Crippen molar-refractivity contribution in [2.75, 3.05) is 23.4 Å². The first kappa shape index (κ1) is 18.3. The molecule has 2 rings (SSSR count). The SMILES string of the molecule is CCOc1ccc(C(=O)Nc2c(N)nc(SCC(N)=O)[nH]c2=O)cc1. The predicted molar refractivity (Wildman–Crippen MR) is 94.8 cm³/mol. The number of anilines is 2. The highest BCUT2D eigenvalue weighted by molar-refractivity contribution is 7.99. The fraction of sp³-hybridized carbons (Fsp3) is 0.200. The standard InChI is InChI=1S/C15H17N5O4S/c1-2-24-9-5-3-8(4-6-9)13(22)18-11-12(17)19-15(20-14(11)23)25-7-10(16)21/h3-6H,2,7H2,1H3,(H2,16,21)(H,18,22)(H3,17,19,20,23). The third-order valence-corrected chi connectivity index (χ3v) is 3.84. The van der Waals surface area contributed by atoms with E-state index in [1.807, 2.05) is 6.92 Å². The molecule has 0 fully saturated rings. The molecular formula is C15H17N5O4S. The average molecular weight is 363 g/mol. The number of rotatable bonds is 7. The molecule has 0 saturated heterocycles. The summed E-state index contributed by atoms with van der Waals surface area (Å²) in [5, 5.41) is 2.57. The molecule has 0 aliphatic rings. The van der Waals surface area contributed by atoms with E-state index in [4.69, 9.17) is 16.2 Å². The number of H-pyrrole nitrogens is 1. The molecule has 10 heteroatoms. The molecule has 0 aliphatic heterocycles. The molecule has 132 valence electrons. The number of carbonyl (C=O) groups is 2. The third-order valence-electron chi connectivity index (χ3n) is 2.94. The predicted octanol–water partition coefficient (Wildman–Crippen LogP) is 0.581. The summed E-state index contributed by atoms with van der Waals surface area (Å²) in [7, 11) is 0. The number of aromatic amines is 1. The highest BCUT2D eigenvalue weighted by Gasteiger charge is 2.14. The van der Waals surface area contributed by atoms with Crippen LogP contribution in [0.5, 0.6) is 5.75 Å². The fourth-order valence-electron chi connectivity index (χ4n) is 1.85. The number of ether oxygens (including phenoxy) is 1. The smallest absolute Gasteiger partial charge is 0.277 e. The van der Waals surface area contributed by atoms with Crippen LogP contribution in [0, 0.1) is 0 Å². The van der Waals surface area contributed by atoms with E-state index in [1.165, 1.54) is 0 Å². The number of hydrogen-bond acceptors (Lipinski definition) is 7. The van der Waals surface area contributed by atoms with E-state index in [2.05, 4.69) is 15.3 Å². The Labute approximate surface area is 147 Å². The minimum atomic E-state index is -0.626. The zero-order chi connectivity index (χ0) is 18.4. The normalized spacial score (nSPS) is 10.3. The van der Waals surface area contributed by atoms with Crippen molar-refractivity contribution in [3.05, 3.63) is 40.2 Å². The van der Waals surface area contributed by atoms with Gasteiger partial charge < -0.3 is 21.5 Å². The second-order valence-electron chi connectivity index (χ2n) is 4.80. The van der Waals surface area contributed by atoms with Crippen LogP contribution in [0.25, 0.3) is 0 Å². The number of carbonyl (C=O) groups excluding carboxylic acids is 2. The van der Waals surface area contributed by atoms with Gasteiger partial charge in [-0.2, -0.15) is 0 Å². The van der Waals surface area contributed by atoms with Gasteiger partial charge in [0.1, 0.15) is 11.4 Å². The summed E-state index contributed by atoms with van der Waals surface area (Å²) in [6.45, 7) is 2.37. The first-order chi connectivity index (χ1) is 11.9. The number of thioether (sulfide) groups is 1. The van der Waals surface area contributed by atoms with Crippen molar-refractivity contribution in [1.82, 2.24) is 9.97 Å². The van der Waals surface area contributed by atoms with Gasteiger partial charge in [-0.1, -0.05) is 11.8 Å². The molecule has 2 amide bonds. The van der Waals surface area contributed by atoms with Crippen LogP contribution in [0.2, 0.25) is 0 Å². The number of nitrogens with zero attached hydrogens (tertiary/aromatic N) is 1. The van der Waals surface area contributed by atoms with Crippen LogP contribution in [-0.2, 0) is 4.79 Å². The second kappa shape index (κ2) is 8.20. The lowest BCUT2D eigenvalue weighted by Crippen LogP contribution is -2.23. The van der Waals surface area contributed by atoms with E-state index in [1.54, 1.807) is 24.3 Å². The summed E-state index contributed by atoms with van der Waals surface area (Å²) in [5.74, 6) is -0.650. The quantitative estimate of drug-likeness (QED) is 0.414. The first-order valence-corrected chi connectivity index (χ1v) is 8.24. The molecule has 9 nitrogen and oxygen atoms in total. The lowest BCUT2D eigenvalue weighted by Gasteiger charge is -2.09. The van der Waals surface area contributed by atoms with Gasteiger partial charge in [-0.05, 0) is 31.2 Å². The summed E-state index contributed by atoms with van der Waals surface area (Å²) in [6.07, 6.45) is 0. The molecule has 0 atom stereocenters. The number of nitrogens with one attached hydrogen (secondary N) is 2. The summed E-state index contributed by atoms with van der Waals surface area (Å²) in [5.41, 5.74) is 10.3. The van der Waals surface area contributed by atoms with Crippen LogP contribution in [0.1, 0.15) is 17.3 Å². The minimum absolute atomic E-state index is 0.0553. The number of amides is 2. The van der Waals surface area contributed by atoms with E-state index in [-0.39, 0.29) is 22.4 Å². The monoisotopic (exact) mass is 363 g/mol. The van der Waals surface area contributed by atoms with Gasteiger partial charge in [0, 0.05) is 5.56 Å². The summed E-state index contributed by atoms with van der Waals surface area (Å²) < 4.78 is 5.30. The summed E-state index contributed by atoms with van der Waals surface area (Å²) in [6, 6.07) is 6.42. The van der Waals surface area contributed by atoms with E-state index < -0.39 is 17.4 Å². The maximum absolute atomic E-state index is 12.2. The Morgan fingerprint density at radius 1 is 1.32 bits per heavy atom. The largest absolute Gasteiger partial charge is 0.494 e. The van der Waals surface area contributed by atoms with Gasteiger partial charge in [-0.15, -0.1) is 0 Å². The summed E-state index contributed by atoms with van der Waals surface area (Å²) >= 11 is 0.939. The van der Waals surface area contributed by atoms with Crippen molar-refractivity contribution in [3.63, 3.8) is 0 Å². The number of hydrogen-bond donors (Lipinski definition) is 4. The minimum Gasteiger partial charge on any atom is -0.494 e. The molecule has 1 heterocycles. The fourth-order valence-corrected chi connectivity index (χ4v) is 2.46. The van der Waals surface area contributed by atoms with Crippen molar-refractivity contribution < 1.29 is 14.3 Å². The number of benzene rings is 1. The Hall–Kier alpha value is -3.01. The Bertz CT molecular complexity index is 835. The van der Waals surface area contributed by atoms with Crippen LogP contribution in [0.4, 0.5) is 11.5 Å². The number of aromatic nitrogens is 2. The van der Waals surface area contributed by atoms with Crippen LogP contribution < -0.4 is 27.1 Å². The van der Waals surface area contributed by atoms with Crippen molar-refractivity contribution in [2.45, 2.75) is 12.1 Å². The Morgan fingerprint density at radius 2 is 2.00 bits per heavy atom. The van der Waals surface area contributed by atoms with Gasteiger partial charge in [0.15, 0.2) is 11.0 Å². The van der Waals surface area contributed by atoms with Gasteiger partial charge in [-0.25, -0.2) is 4.98 Å². The third kappa shape index (κ3) is 4.98. The average Bonchev–Trinajstić information content (AvgIpc) is 2.57. The van der Waals surface area contributed by atoms with E-state index in [9.17, 15) is 14.4 Å². The van der Waals surface area contributed by atoms with Gasteiger partial charge in [0.25, 0.3) is 11.5 Å². The van der Waals surface area contributed by atoms with Crippen LogP contribution in [0.15, 0.2) is 34.2 Å². The Kier molecular flexibility index (Phi) is 6.01. The number of primary amides is 1. The lowest BCUT2D eigenvalue weighted by atomic mass is 10.2. The topological polar surface area (TPSA) is 153 Å². The molecule has 2 aromatic rings. The molecule has 0 unspecified atom stereocenters. The second-order valence-corrected chi connectivity index (χ2v) is 5.76. The summed E-state index contributed by atoms with van der Waals surface area (Å²) in [4.78, 5) is 41.4. The van der Waals surface area contributed by atoms with Crippen LogP contribution >= 0.6 is 11.8 Å². The molecule has 1 aromatic heterocycles. The lowest BCUT2D eigenvalue weighted by molar-refractivity contribution is -0.115. The van der Waals surface area contributed by atoms with Crippen molar-refractivity contribution >= 4 is 35.1 Å². The molecule has 25 heavy (non-hydrogen) atoms. The highest BCUT2D eigenvalue weighted by Crippen LogP contribution is 2.18. The maximum atomic E-state index is 12.2. The van der Waals surface area contributed by atoms with Crippen molar-refractivity contribution in [1.29, 1.82) is 0 Å². The van der Waals surface area contributed by atoms with Gasteiger partial charge >= 0.3 is 0 Å².